The summed E-state index contributed by atoms with van der Waals surface area (Å²) < 4.78 is 9.19. The highest BCUT2D eigenvalue weighted by Gasteiger charge is 2.15. The molecule has 7 nitrogen and oxygen atoms in total. The fourth-order valence-corrected chi connectivity index (χ4v) is 2.25. The lowest BCUT2D eigenvalue weighted by Crippen LogP contribution is -2.33. The van der Waals surface area contributed by atoms with Crippen molar-refractivity contribution >= 4 is 6.09 Å². The van der Waals surface area contributed by atoms with Gasteiger partial charge in [-0.1, -0.05) is 0 Å². The zero-order valence-electron chi connectivity index (χ0n) is 14.2. The summed E-state index contributed by atoms with van der Waals surface area (Å²) in [5, 5.41) is 6.93. The number of nitrogens with zero attached hydrogens (tertiary/aromatic N) is 4. The maximum absolute atomic E-state index is 11.6. The Morgan fingerprint density at radius 2 is 2.09 bits per heavy atom. The molecule has 0 unspecified atom stereocenters. The van der Waals surface area contributed by atoms with Crippen LogP contribution in [-0.2, 0) is 31.2 Å². The summed E-state index contributed by atoms with van der Waals surface area (Å²) in [4.78, 5) is 15.8. The number of rotatable bonds is 6. The van der Waals surface area contributed by atoms with Gasteiger partial charge in [-0.05, 0) is 26.8 Å². The number of nitrogens with one attached hydrogen (secondary N) is 1. The van der Waals surface area contributed by atoms with Crippen LogP contribution in [0.25, 0.3) is 0 Å². The Kier molecular flexibility index (Phi) is 5.41. The largest absolute Gasteiger partial charge is 0.444 e. The first kappa shape index (κ1) is 17.1. The SMILES string of the molecule is Cn1nccc1CCn1cncc1CCNC(=O)OC(C)(C)C. The third-order valence-electron chi connectivity index (χ3n) is 3.38. The summed E-state index contributed by atoms with van der Waals surface area (Å²) in [6.07, 6.45) is 6.66. The number of carbonyl (C=O) groups excluding carboxylic acids is 1. The predicted octanol–water partition coefficient (Wildman–Crippen LogP) is 1.93. The number of alkyl carbamates (subject to hydrolysis) is 1. The van der Waals surface area contributed by atoms with Gasteiger partial charge in [-0.25, -0.2) is 9.78 Å². The lowest BCUT2D eigenvalue weighted by molar-refractivity contribution is 0.0528. The average Bonchev–Trinajstić information content (AvgIpc) is 3.03. The van der Waals surface area contributed by atoms with Gasteiger partial charge in [-0.15, -0.1) is 0 Å². The van der Waals surface area contributed by atoms with E-state index >= 15 is 0 Å². The number of imidazole rings is 1. The van der Waals surface area contributed by atoms with Crippen molar-refractivity contribution in [3.8, 4) is 0 Å². The highest BCUT2D eigenvalue weighted by Crippen LogP contribution is 2.07. The topological polar surface area (TPSA) is 74.0 Å². The number of hydrogen-bond acceptors (Lipinski definition) is 4. The molecule has 2 rings (SSSR count). The fraction of sp³-hybridized carbons (Fsp3) is 0.562. The predicted molar refractivity (Wildman–Crippen MR) is 87.1 cm³/mol. The van der Waals surface area contributed by atoms with E-state index in [0.29, 0.717) is 13.0 Å². The third-order valence-corrected chi connectivity index (χ3v) is 3.38. The van der Waals surface area contributed by atoms with Crippen LogP contribution in [0.1, 0.15) is 32.2 Å². The van der Waals surface area contributed by atoms with Crippen molar-refractivity contribution in [3.63, 3.8) is 0 Å². The average molecular weight is 319 g/mol. The molecule has 1 N–H and O–H groups in total. The molecule has 0 bridgehead atoms. The number of aromatic nitrogens is 4. The molecule has 2 aromatic heterocycles. The number of hydrogen-bond donors (Lipinski definition) is 1. The highest BCUT2D eigenvalue weighted by molar-refractivity contribution is 5.67. The van der Waals surface area contributed by atoms with Gasteiger partial charge in [0, 0.05) is 56.8 Å². The molecule has 23 heavy (non-hydrogen) atoms. The zero-order valence-corrected chi connectivity index (χ0v) is 14.2. The second kappa shape index (κ2) is 7.30. The van der Waals surface area contributed by atoms with Gasteiger partial charge < -0.3 is 14.6 Å². The molecule has 7 heteroatoms. The fourth-order valence-electron chi connectivity index (χ4n) is 2.25. The quantitative estimate of drug-likeness (QED) is 0.883. The van der Waals surface area contributed by atoms with Crippen LogP contribution in [0.15, 0.2) is 24.8 Å². The van der Waals surface area contributed by atoms with E-state index in [-0.39, 0.29) is 0 Å². The Balaban J connectivity index is 1.80. The van der Waals surface area contributed by atoms with Gasteiger partial charge in [-0.2, -0.15) is 5.10 Å². The van der Waals surface area contributed by atoms with E-state index in [2.05, 4.69) is 20.0 Å². The molecule has 0 spiro atoms. The third kappa shape index (κ3) is 5.43. The van der Waals surface area contributed by atoms with Crippen LogP contribution in [0.3, 0.4) is 0 Å². The van der Waals surface area contributed by atoms with Crippen molar-refractivity contribution in [1.82, 2.24) is 24.6 Å². The van der Waals surface area contributed by atoms with Gasteiger partial charge >= 0.3 is 6.09 Å². The van der Waals surface area contributed by atoms with Crippen LogP contribution in [0.4, 0.5) is 4.79 Å². The van der Waals surface area contributed by atoms with Crippen molar-refractivity contribution in [3.05, 3.63) is 36.2 Å². The molecule has 0 aliphatic heterocycles. The molecule has 126 valence electrons. The summed E-state index contributed by atoms with van der Waals surface area (Å²) >= 11 is 0. The van der Waals surface area contributed by atoms with E-state index in [0.717, 1.165) is 18.7 Å². The van der Waals surface area contributed by atoms with Crippen molar-refractivity contribution in [2.24, 2.45) is 7.05 Å². The van der Waals surface area contributed by atoms with Crippen molar-refractivity contribution < 1.29 is 9.53 Å². The number of aryl methyl sites for hydroxylation is 3. The lowest BCUT2D eigenvalue weighted by Gasteiger charge is -2.19. The van der Waals surface area contributed by atoms with E-state index in [1.165, 1.54) is 5.69 Å². The van der Waals surface area contributed by atoms with Crippen LogP contribution >= 0.6 is 0 Å². The minimum absolute atomic E-state index is 0.390. The normalized spacial score (nSPS) is 11.5. The van der Waals surface area contributed by atoms with Gasteiger partial charge in [0.25, 0.3) is 0 Å². The molecule has 0 aliphatic carbocycles. The van der Waals surface area contributed by atoms with E-state index in [9.17, 15) is 4.79 Å². The molecule has 0 aromatic carbocycles. The van der Waals surface area contributed by atoms with Crippen LogP contribution in [-0.4, -0.2) is 37.6 Å². The molecule has 0 fully saturated rings. The molecule has 0 saturated carbocycles. The van der Waals surface area contributed by atoms with Gasteiger partial charge in [0.2, 0.25) is 0 Å². The molecule has 0 radical (unpaired) electrons. The van der Waals surface area contributed by atoms with E-state index in [1.807, 2.05) is 51.1 Å². The van der Waals surface area contributed by atoms with Crippen molar-refractivity contribution in [2.45, 2.75) is 45.8 Å². The summed E-state index contributed by atoms with van der Waals surface area (Å²) in [5.41, 5.74) is 1.79. The molecule has 0 atom stereocenters. The molecule has 2 heterocycles. The Bertz CT molecular complexity index is 639. The molecular weight excluding hydrogens is 294 g/mol. The second-order valence-corrected chi connectivity index (χ2v) is 6.45. The van der Waals surface area contributed by atoms with Crippen LogP contribution in [0.2, 0.25) is 0 Å². The van der Waals surface area contributed by atoms with Crippen molar-refractivity contribution in [1.29, 1.82) is 0 Å². The summed E-state index contributed by atoms with van der Waals surface area (Å²) in [5.74, 6) is 0. The van der Waals surface area contributed by atoms with E-state index < -0.39 is 11.7 Å². The monoisotopic (exact) mass is 319 g/mol. The molecule has 2 aromatic rings. The van der Waals surface area contributed by atoms with Gasteiger partial charge in [0.1, 0.15) is 5.60 Å². The minimum atomic E-state index is -0.477. The smallest absolute Gasteiger partial charge is 0.407 e. The first-order chi connectivity index (χ1) is 10.8. The first-order valence-electron chi connectivity index (χ1n) is 7.78. The minimum Gasteiger partial charge on any atom is -0.444 e. The summed E-state index contributed by atoms with van der Waals surface area (Å²) in [7, 11) is 1.94. The maximum atomic E-state index is 11.6. The van der Waals surface area contributed by atoms with Gasteiger partial charge in [-0.3, -0.25) is 4.68 Å². The summed E-state index contributed by atoms with van der Waals surface area (Å²) in [6, 6.07) is 2.01. The van der Waals surface area contributed by atoms with Crippen LogP contribution in [0.5, 0.6) is 0 Å². The summed E-state index contributed by atoms with van der Waals surface area (Å²) in [6.45, 7) is 6.90. The Morgan fingerprint density at radius 1 is 1.30 bits per heavy atom. The number of ether oxygens (including phenoxy) is 1. The Labute approximate surface area is 136 Å². The number of amides is 1. The van der Waals surface area contributed by atoms with Crippen LogP contribution < -0.4 is 5.32 Å². The van der Waals surface area contributed by atoms with Crippen LogP contribution in [0, 0.1) is 0 Å². The molecule has 0 saturated heterocycles. The van der Waals surface area contributed by atoms with Crippen molar-refractivity contribution in [2.75, 3.05) is 6.54 Å². The molecule has 1 amide bonds. The lowest BCUT2D eigenvalue weighted by atomic mass is 10.2. The molecule has 0 aliphatic rings. The highest BCUT2D eigenvalue weighted by atomic mass is 16.6. The number of carbonyl (C=O) groups is 1. The Morgan fingerprint density at radius 3 is 2.74 bits per heavy atom. The van der Waals surface area contributed by atoms with E-state index in [1.54, 1.807) is 6.20 Å². The van der Waals surface area contributed by atoms with Gasteiger partial charge in [0.05, 0.1) is 6.33 Å². The maximum Gasteiger partial charge on any atom is 0.407 e. The zero-order chi connectivity index (χ0) is 16.9. The van der Waals surface area contributed by atoms with Gasteiger partial charge in [0.15, 0.2) is 0 Å². The molecular formula is C16H25N5O2. The van der Waals surface area contributed by atoms with E-state index in [4.69, 9.17) is 4.74 Å². The first-order valence-corrected chi connectivity index (χ1v) is 7.78. The Hall–Kier alpha value is -2.31. The standard InChI is InChI=1S/C16H25N5O2/c1-16(2,3)23-15(22)18-8-5-14-11-17-12-21(14)10-7-13-6-9-19-20(13)4/h6,9,11-12H,5,7-8,10H2,1-4H3,(H,18,22). The second-order valence-electron chi connectivity index (χ2n) is 6.45.